The third-order valence-corrected chi connectivity index (χ3v) is 2.28. The number of hydrogen-bond donors (Lipinski definition) is 0. The summed E-state index contributed by atoms with van der Waals surface area (Å²) in [4.78, 5) is 10.7. The summed E-state index contributed by atoms with van der Waals surface area (Å²) in [5, 5.41) is 0.498. The molecule has 1 atom stereocenters. The first-order valence-electron chi connectivity index (χ1n) is 4.12. The van der Waals surface area contributed by atoms with Crippen molar-refractivity contribution in [2.45, 2.75) is 13.0 Å². The lowest BCUT2D eigenvalue weighted by Gasteiger charge is -2.14. The van der Waals surface area contributed by atoms with Crippen molar-refractivity contribution >= 4 is 21.9 Å². The lowest BCUT2D eigenvalue weighted by atomic mass is 10.1. The summed E-state index contributed by atoms with van der Waals surface area (Å²) in [6.45, 7) is 1.35. The van der Waals surface area contributed by atoms with Crippen molar-refractivity contribution in [2.24, 2.45) is 0 Å². The van der Waals surface area contributed by atoms with Gasteiger partial charge in [0.15, 0.2) is 0 Å². The van der Waals surface area contributed by atoms with Gasteiger partial charge >= 0.3 is 5.97 Å². The van der Waals surface area contributed by atoms with E-state index < -0.39 is 0 Å². The first-order valence-corrected chi connectivity index (χ1v) is 5.24. The summed E-state index contributed by atoms with van der Waals surface area (Å²) >= 11 is 3.23. The average molecular weight is 261 g/mol. The highest BCUT2D eigenvalue weighted by Crippen LogP contribution is 2.20. The van der Waals surface area contributed by atoms with Gasteiger partial charge in [-0.05, 0) is 17.7 Å². The van der Waals surface area contributed by atoms with Gasteiger partial charge in [0.25, 0.3) is 0 Å². The average Bonchev–Trinajstić information content (AvgIpc) is 2.15. The molecule has 0 fully saturated rings. The van der Waals surface area contributed by atoms with Crippen LogP contribution in [0, 0.1) is 5.82 Å². The molecule has 1 aromatic carbocycles. The smallest absolute Gasteiger partial charge is 0.303 e. The fourth-order valence-electron chi connectivity index (χ4n) is 1.07. The van der Waals surface area contributed by atoms with E-state index in [9.17, 15) is 9.18 Å². The topological polar surface area (TPSA) is 26.3 Å². The molecule has 0 heterocycles. The quantitative estimate of drug-likeness (QED) is 0.617. The molecule has 14 heavy (non-hydrogen) atoms. The fourth-order valence-corrected chi connectivity index (χ4v) is 1.57. The minimum Gasteiger partial charge on any atom is -0.457 e. The molecule has 76 valence electrons. The first-order chi connectivity index (χ1) is 6.63. The van der Waals surface area contributed by atoms with Crippen LogP contribution in [0.2, 0.25) is 0 Å². The number of esters is 1. The Balaban J connectivity index is 2.78. The van der Waals surface area contributed by atoms with E-state index in [1.165, 1.54) is 19.1 Å². The molecule has 0 N–H and O–H groups in total. The maximum absolute atomic E-state index is 12.6. The summed E-state index contributed by atoms with van der Waals surface area (Å²) < 4.78 is 17.6. The molecule has 0 amide bonds. The molecule has 2 nitrogen and oxygen atoms in total. The third kappa shape index (κ3) is 3.10. The van der Waals surface area contributed by atoms with E-state index in [2.05, 4.69) is 15.9 Å². The molecule has 1 unspecified atom stereocenters. The van der Waals surface area contributed by atoms with Gasteiger partial charge in [-0.25, -0.2) is 4.39 Å². The van der Waals surface area contributed by atoms with Crippen molar-refractivity contribution in [2.75, 3.05) is 5.33 Å². The molecule has 1 rings (SSSR count). The molecule has 0 radical (unpaired) electrons. The summed E-state index contributed by atoms with van der Waals surface area (Å²) in [6, 6.07) is 5.89. The maximum atomic E-state index is 12.6. The highest BCUT2D eigenvalue weighted by atomic mass is 79.9. The maximum Gasteiger partial charge on any atom is 0.303 e. The molecule has 0 bridgehead atoms. The number of alkyl halides is 1. The van der Waals surface area contributed by atoms with Crippen LogP contribution in [-0.4, -0.2) is 11.3 Å². The van der Waals surface area contributed by atoms with Crippen molar-refractivity contribution in [3.63, 3.8) is 0 Å². The summed E-state index contributed by atoms with van der Waals surface area (Å²) in [5.41, 5.74) is 0.776. The normalized spacial score (nSPS) is 12.2. The minimum absolute atomic E-state index is 0.301. The number of carbonyl (C=O) groups excluding carboxylic acids is 1. The Hall–Kier alpha value is -0.900. The Kier molecular flexibility index (Phi) is 4.07. The Morgan fingerprint density at radius 3 is 2.50 bits per heavy atom. The van der Waals surface area contributed by atoms with Crippen molar-refractivity contribution in [3.05, 3.63) is 35.6 Å². The van der Waals surface area contributed by atoms with Crippen LogP contribution in [-0.2, 0) is 9.53 Å². The predicted molar refractivity (Wildman–Crippen MR) is 54.7 cm³/mol. The first kappa shape index (κ1) is 11.2. The van der Waals surface area contributed by atoms with Gasteiger partial charge in [0, 0.05) is 12.3 Å². The third-order valence-electron chi connectivity index (χ3n) is 1.69. The number of ether oxygens (including phenoxy) is 1. The zero-order valence-electron chi connectivity index (χ0n) is 7.67. The summed E-state index contributed by atoms with van der Waals surface area (Å²) in [7, 11) is 0. The van der Waals surface area contributed by atoms with Crippen molar-refractivity contribution in [3.8, 4) is 0 Å². The monoisotopic (exact) mass is 260 g/mol. The van der Waals surface area contributed by atoms with E-state index >= 15 is 0 Å². The minimum atomic E-state index is -0.354. The fraction of sp³-hybridized carbons (Fsp3) is 0.300. The molecular formula is C10H10BrFO2. The van der Waals surface area contributed by atoms with Crippen LogP contribution in [0.5, 0.6) is 0 Å². The van der Waals surface area contributed by atoms with Gasteiger partial charge in [-0.15, -0.1) is 0 Å². The standard InChI is InChI=1S/C10H10BrFO2/c1-7(13)14-10(6-11)8-2-4-9(12)5-3-8/h2-5,10H,6H2,1H3. The zero-order valence-corrected chi connectivity index (χ0v) is 9.25. The molecule has 1 aromatic rings. The highest BCUT2D eigenvalue weighted by molar-refractivity contribution is 9.09. The highest BCUT2D eigenvalue weighted by Gasteiger charge is 2.12. The predicted octanol–water partition coefficient (Wildman–Crippen LogP) is 2.82. The molecule has 0 aromatic heterocycles. The molecule has 4 heteroatoms. The van der Waals surface area contributed by atoms with Gasteiger partial charge in [-0.2, -0.15) is 0 Å². The molecule has 0 aliphatic carbocycles. The van der Waals surface area contributed by atoms with Gasteiger partial charge in [0.2, 0.25) is 0 Å². The van der Waals surface area contributed by atoms with E-state index in [4.69, 9.17) is 4.74 Å². The van der Waals surface area contributed by atoms with Crippen LogP contribution in [0.4, 0.5) is 4.39 Å². The summed E-state index contributed by atoms with van der Waals surface area (Å²) in [6.07, 6.45) is -0.354. The van der Waals surface area contributed by atoms with Crippen LogP contribution in [0.3, 0.4) is 0 Å². The van der Waals surface area contributed by atoms with Crippen molar-refractivity contribution in [1.29, 1.82) is 0 Å². The summed E-state index contributed by atoms with van der Waals surface area (Å²) in [5.74, 6) is -0.649. The second-order valence-electron chi connectivity index (χ2n) is 2.80. The van der Waals surface area contributed by atoms with Crippen molar-refractivity contribution in [1.82, 2.24) is 0 Å². The molecule has 0 spiro atoms. The molecule has 0 saturated heterocycles. The van der Waals surface area contributed by atoms with E-state index in [0.717, 1.165) is 5.56 Å². The number of halogens is 2. The lowest BCUT2D eigenvalue weighted by Crippen LogP contribution is -2.09. The van der Waals surface area contributed by atoms with E-state index in [0.29, 0.717) is 5.33 Å². The van der Waals surface area contributed by atoms with Crippen LogP contribution in [0.15, 0.2) is 24.3 Å². The number of hydrogen-bond acceptors (Lipinski definition) is 2. The Morgan fingerprint density at radius 1 is 1.50 bits per heavy atom. The van der Waals surface area contributed by atoms with Gasteiger partial charge in [-0.3, -0.25) is 4.79 Å². The number of rotatable bonds is 3. The SMILES string of the molecule is CC(=O)OC(CBr)c1ccc(F)cc1. The Bertz CT molecular complexity index is 310. The molecular weight excluding hydrogens is 251 g/mol. The van der Waals surface area contributed by atoms with Gasteiger partial charge < -0.3 is 4.74 Å². The van der Waals surface area contributed by atoms with Crippen LogP contribution >= 0.6 is 15.9 Å². The van der Waals surface area contributed by atoms with Crippen LogP contribution in [0.1, 0.15) is 18.6 Å². The Labute approximate surface area is 90.2 Å². The molecule has 0 aliphatic heterocycles. The second-order valence-corrected chi connectivity index (χ2v) is 3.45. The number of carbonyl (C=O) groups is 1. The molecule has 0 aliphatic rings. The van der Waals surface area contributed by atoms with Gasteiger partial charge in [0.1, 0.15) is 11.9 Å². The van der Waals surface area contributed by atoms with Crippen LogP contribution < -0.4 is 0 Å². The van der Waals surface area contributed by atoms with E-state index in [-0.39, 0.29) is 17.9 Å². The van der Waals surface area contributed by atoms with Crippen LogP contribution in [0.25, 0.3) is 0 Å². The Morgan fingerprint density at radius 2 is 2.07 bits per heavy atom. The lowest BCUT2D eigenvalue weighted by molar-refractivity contribution is -0.145. The molecule has 0 saturated carbocycles. The van der Waals surface area contributed by atoms with Gasteiger partial charge in [0.05, 0.1) is 0 Å². The second kappa shape index (κ2) is 5.10. The van der Waals surface area contributed by atoms with E-state index in [1.807, 2.05) is 0 Å². The van der Waals surface area contributed by atoms with Crippen molar-refractivity contribution < 1.29 is 13.9 Å². The zero-order chi connectivity index (χ0) is 10.6. The largest absolute Gasteiger partial charge is 0.457 e. The number of benzene rings is 1. The van der Waals surface area contributed by atoms with Gasteiger partial charge in [-0.1, -0.05) is 28.1 Å². The van der Waals surface area contributed by atoms with E-state index in [1.54, 1.807) is 12.1 Å².